The van der Waals surface area contributed by atoms with E-state index >= 15 is 0 Å². The van der Waals surface area contributed by atoms with E-state index in [9.17, 15) is 4.79 Å². The average molecular weight is 120 g/mol. The Morgan fingerprint density at radius 3 is 2.50 bits per heavy atom. The molecule has 1 unspecified atom stereocenters. The van der Waals surface area contributed by atoms with Crippen molar-refractivity contribution in [3.8, 4) is 0 Å². The van der Waals surface area contributed by atoms with Crippen LogP contribution in [0.1, 0.15) is 0 Å². The molecule has 0 saturated carbocycles. The van der Waals surface area contributed by atoms with Crippen molar-refractivity contribution in [2.75, 3.05) is 13.7 Å². The molecule has 0 rings (SSSR count). The Balaban J connectivity index is 3.46. The highest BCUT2D eigenvalue weighted by Crippen LogP contribution is 1.82. The van der Waals surface area contributed by atoms with E-state index in [0.29, 0.717) is 0 Å². The Bertz CT molecular complexity index is 80.1. The number of ether oxygens (including phenoxy) is 1. The Morgan fingerprint density at radius 1 is 1.88 bits per heavy atom. The molecule has 0 aromatic carbocycles. The monoisotopic (exact) mass is 120 g/mol. The van der Waals surface area contributed by atoms with E-state index in [4.69, 9.17) is 10.2 Å². The van der Waals surface area contributed by atoms with E-state index in [1.807, 2.05) is 0 Å². The van der Waals surface area contributed by atoms with E-state index in [1.54, 1.807) is 0 Å². The van der Waals surface area contributed by atoms with Crippen LogP contribution in [-0.4, -0.2) is 36.0 Å². The third-order valence-corrected chi connectivity index (χ3v) is 0.655. The lowest BCUT2D eigenvalue weighted by Crippen LogP contribution is -2.24. The van der Waals surface area contributed by atoms with Gasteiger partial charge >= 0.3 is 0 Å². The fraction of sp³-hybridized carbons (Fsp3) is 0.750. The van der Waals surface area contributed by atoms with Gasteiger partial charge in [0.15, 0.2) is 0 Å². The van der Waals surface area contributed by atoms with Crippen molar-refractivity contribution in [2.45, 2.75) is 6.29 Å². The summed E-state index contributed by atoms with van der Waals surface area (Å²) in [4.78, 5) is 10.1. The summed E-state index contributed by atoms with van der Waals surface area (Å²) >= 11 is 0. The number of hydrogen-bond donors (Lipinski definition) is 2. The predicted molar refractivity (Wildman–Crippen MR) is 25.1 cm³/mol. The first kappa shape index (κ1) is 7.55. The van der Waals surface area contributed by atoms with Crippen molar-refractivity contribution in [1.82, 2.24) is 0 Å². The van der Waals surface area contributed by atoms with E-state index in [1.165, 1.54) is 7.11 Å². The number of carbonyl (C=O) groups is 1. The Kier molecular flexibility index (Phi) is 3.34. The molecule has 2 N–H and O–H groups in total. The minimum Gasteiger partial charge on any atom is -0.388 e. The maximum Gasteiger partial charge on any atom is 0.217 e. The molecule has 0 aliphatic heterocycles. The molecular weight excluding hydrogens is 112 g/mol. The van der Waals surface area contributed by atoms with Crippen LogP contribution in [0, 0.1) is 0 Å². The molecule has 0 heterocycles. The van der Waals surface area contributed by atoms with Crippen molar-refractivity contribution in [3.05, 3.63) is 0 Å². The molecule has 0 bridgehead atoms. The van der Waals surface area contributed by atoms with Crippen molar-refractivity contribution in [3.63, 3.8) is 0 Å². The summed E-state index contributed by atoms with van der Waals surface area (Å²) in [5.74, 6) is -0.729. The molecule has 0 amide bonds. The lowest BCUT2D eigenvalue weighted by Gasteiger charge is -2.02. The van der Waals surface area contributed by atoms with Crippen LogP contribution in [0.15, 0.2) is 0 Å². The Hall–Kier alpha value is -0.450. The van der Waals surface area contributed by atoms with Gasteiger partial charge in [-0.3, -0.25) is 4.79 Å². The fourth-order valence-electron chi connectivity index (χ4n) is 0.210. The van der Waals surface area contributed by atoms with Gasteiger partial charge in [-0.1, -0.05) is 0 Å². The van der Waals surface area contributed by atoms with Crippen LogP contribution in [0.4, 0.5) is 0 Å². The van der Waals surface area contributed by atoms with Gasteiger partial charge in [-0.05, 0) is 0 Å². The normalized spacial score (nSPS) is 13.4. The summed E-state index contributed by atoms with van der Waals surface area (Å²) in [6.45, 7) is -0.686. The summed E-state index contributed by atoms with van der Waals surface area (Å²) in [6.07, 6.45) is -1.47. The number of ketones is 1. The summed E-state index contributed by atoms with van der Waals surface area (Å²) in [6, 6.07) is 0. The number of aliphatic hydroxyl groups is 2. The minimum atomic E-state index is -1.47. The van der Waals surface area contributed by atoms with Gasteiger partial charge in [-0.2, -0.15) is 0 Å². The number of Topliss-reactive ketones (excluding diaryl/α,β-unsaturated/α-hetero) is 1. The maximum atomic E-state index is 10.1. The number of hydrogen-bond acceptors (Lipinski definition) is 4. The van der Waals surface area contributed by atoms with Crippen molar-refractivity contribution < 1.29 is 19.7 Å². The molecule has 0 aromatic heterocycles. The van der Waals surface area contributed by atoms with Gasteiger partial charge in [-0.25, -0.2) is 0 Å². The third kappa shape index (κ3) is 2.02. The molecule has 4 heteroatoms. The topological polar surface area (TPSA) is 66.8 Å². The number of carbonyl (C=O) groups excluding carboxylic acids is 1. The average Bonchev–Trinajstić information content (AvgIpc) is 1.84. The minimum absolute atomic E-state index is 0.686. The molecule has 0 radical (unpaired) electrons. The first-order chi connectivity index (χ1) is 3.72. The summed E-state index contributed by atoms with van der Waals surface area (Å²) < 4.78 is 4.15. The third-order valence-electron chi connectivity index (χ3n) is 0.655. The highest BCUT2D eigenvalue weighted by molar-refractivity contribution is 5.82. The molecule has 4 nitrogen and oxygen atoms in total. The van der Waals surface area contributed by atoms with E-state index in [0.717, 1.165) is 0 Å². The zero-order valence-electron chi connectivity index (χ0n) is 4.50. The summed E-state index contributed by atoms with van der Waals surface area (Å²) in [7, 11) is 1.18. The van der Waals surface area contributed by atoms with Crippen molar-refractivity contribution in [2.24, 2.45) is 0 Å². The lowest BCUT2D eigenvalue weighted by molar-refractivity contribution is -0.153. The van der Waals surface area contributed by atoms with E-state index in [-0.39, 0.29) is 0 Å². The van der Waals surface area contributed by atoms with Gasteiger partial charge in [0.2, 0.25) is 12.1 Å². The zero-order chi connectivity index (χ0) is 6.57. The molecule has 0 aromatic rings. The zero-order valence-corrected chi connectivity index (χ0v) is 4.50. The fourth-order valence-corrected chi connectivity index (χ4v) is 0.210. The van der Waals surface area contributed by atoms with Crippen molar-refractivity contribution >= 4 is 5.78 Å². The Morgan fingerprint density at radius 2 is 2.38 bits per heavy atom. The van der Waals surface area contributed by atoms with E-state index < -0.39 is 18.7 Å². The number of aliphatic hydroxyl groups excluding tert-OH is 2. The highest BCUT2D eigenvalue weighted by atomic mass is 16.6. The Labute approximate surface area is 46.7 Å². The molecule has 0 saturated heterocycles. The van der Waals surface area contributed by atoms with Crippen LogP contribution >= 0.6 is 0 Å². The van der Waals surface area contributed by atoms with Crippen LogP contribution < -0.4 is 0 Å². The summed E-state index contributed by atoms with van der Waals surface area (Å²) in [5.41, 5.74) is 0. The molecule has 1 atom stereocenters. The molecule has 8 heavy (non-hydrogen) atoms. The van der Waals surface area contributed by atoms with Crippen LogP contribution in [-0.2, 0) is 9.53 Å². The van der Waals surface area contributed by atoms with Gasteiger partial charge in [0.25, 0.3) is 0 Å². The molecule has 0 aliphatic rings. The van der Waals surface area contributed by atoms with E-state index in [2.05, 4.69) is 4.74 Å². The first-order valence-corrected chi connectivity index (χ1v) is 2.06. The van der Waals surface area contributed by atoms with Crippen LogP contribution in [0.3, 0.4) is 0 Å². The lowest BCUT2D eigenvalue weighted by atomic mass is 10.4. The molecule has 0 aliphatic carbocycles. The quantitative estimate of drug-likeness (QED) is 0.445. The van der Waals surface area contributed by atoms with Crippen LogP contribution in [0.5, 0.6) is 0 Å². The SMILES string of the molecule is COC(O)C(=O)CO. The molecular formula is C4H8O4. The first-order valence-electron chi connectivity index (χ1n) is 2.06. The highest BCUT2D eigenvalue weighted by Gasteiger charge is 2.10. The summed E-state index contributed by atoms with van der Waals surface area (Å²) in [5, 5.41) is 16.4. The predicted octanol–water partition coefficient (Wildman–Crippen LogP) is -1.49. The number of rotatable bonds is 3. The second kappa shape index (κ2) is 3.54. The van der Waals surface area contributed by atoms with Gasteiger partial charge < -0.3 is 14.9 Å². The second-order valence-electron chi connectivity index (χ2n) is 1.21. The van der Waals surface area contributed by atoms with Crippen molar-refractivity contribution in [1.29, 1.82) is 0 Å². The largest absolute Gasteiger partial charge is 0.388 e. The number of methoxy groups -OCH3 is 1. The standard InChI is InChI=1S/C4H8O4/c1-8-4(7)3(6)2-5/h4-5,7H,2H2,1H3. The molecule has 0 fully saturated rings. The van der Waals surface area contributed by atoms with Gasteiger partial charge in [-0.15, -0.1) is 0 Å². The van der Waals surface area contributed by atoms with Gasteiger partial charge in [0.1, 0.15) is 6.61 Å². The van der Waals surface area contributed by atoms with Gasteiger partial charge in [0.05, 0.1) is 0 Å². The molecule has 48 valence electrons. The maximum absolute atomic E-state index is 10.1. The van der Waals surface area contributed by atoms with Crippen LogP contribution in [0.2, 0.25) is 0 Å². The van der Waals surface area contributed by atoms with Gasteiger partial charge in [0, 0.05) is 7.11 Å². The smallest absolute Gasteiger partial charge is 0.217 e. The second-order valence-corrected chi connectivity index (χ2v) is 1.21. The molecule has 0 spiro atoms. The van der Waals surface area contributed by atoms with Crippen LogP contribution in [0.25, 0.3) is 0 Å².